The summed E-state index contributed by atoms with van der Waals surface area (Å²) in [5.74, 6) is 0.636. The van der Waals surface area contributed by atoms with Crippen LogP contribution < -0.4 is 26.0 Å². The molecule has 3 aliphatic heterocycles. The summed E-state index contributed by atoms with van der Waals surface area (Å²) in [5.41, 5.74) is 11.7. The number of anilines is 2. The van der Waals surface area contributed by atoms with E-state index in [0.29, 0.717) is 18.8 Å². The summed E-state index contributed by atoms with van der Waals surface area (Å²) < 4.78 is 21.5. The van der Waals surface area contributed by atoms with Crippen LogP contribution in [-0.2, 0) is 4.74 Å². The number of nitrogens with zero attached hydrogens (tertiary/aromatic N) is 4. The van der Waals surface area contributed by atoms with Gasteiger partial charge in [-0.05, 0) is 55.7 Å². The van der Waals surface area contributed by atoms with Crippen molar-refractivity contribution in [1.82, 2.24) is 26.1 Å². The molecule has 0 spiro atoms. The lowest BCUT2D eigenvalue weighted by molar-refractivity contribution is 0.0986. The Labute approximate surface area is 211 Å². The fourth-order valence-corrected chi connectivity index (χ4v) is 5.62. The van der Waals surface area contributed by atoms with Gasteiger partial charge in [-0.3, -0.25) is 10.4 Å². The van der Waals surface area contributed by atoms with E-state index in [1.165, 1.54) is 0 Å². The highest BCUT2D eigenvalue weighted by atomic mass is 19.1. The first-order valence-corrected chi connectivity index (χ1v) is 13.0. The highest BCUT2D eigenvalue weighted by molar-refractivity contribution is 5.99. The molecule has 190 valence electrons. The molecule has 5 heterocycles. The lowest BCUT2D eigenvalue weighted by atomic mass is 9.95. The number of benzene rings is 1. The largest absolute Gasteiger partial charge is 0.377 e. The third kappa shape index (κ3) is 4.30. The fourth-order valence-electron chi connectivity index (χ4n) is 5.62. The summed E-state index contributed by atoms with van der Waals surface area (Å²) in [5, 5.41) is 4.33. The molecule has 6 rings (SSSR count). The molecule has 2 aromatic heterocycles. The molecule has 3 N–H and O–H groups in total. The number of fused-ring (bicyclic) bond motifs is 1. The molecule has 8 nitrogen and oxygen atoms in total. The first-order valence-electron chi connectivity index (χ1n) is 13.0. The van der Waals surface area contributed by atoms with E-state index in [4.69, 9.17) is 14.7 Å². The number of rotatable bonds is 4. The first kappa shape index (κ1) is 23.5. The van der Waals surface area contributed by atoms with Crippen molar-refractivity contribution in [1.29, 1.82) is 0 Å². The number of aromatic nitrogens is 2. The second-order valence-corrected chi connectivity index (χ2v) is 10.0. The molecule has 1 aromatic carbocycles. The first-order chi connectivity index (χ1) is 17.6. The Morgan fingerprint density at radius 2 is 1.94 bits per heavy atom. The van der Waals surface area contributed by atoms with Crippen LogP contribution in [0.25, 0.3) is 22.0 Å². The van der Waals surface area contributed by atoms with Gasteiger partial charge in [-0.2, -0.15) is 0 Å². The number of halogens is 1. The maximum absolute atomic E-state index is 15.9. The van der Waals surface area contributed by atoms with Crippen LogP contribution in [0.15, 0.2) is 30.5 Å². The zero-order valence-electron chi connectivity index (χ0n) is 21.0. The number of hydrogen-bond acceptors (Lipinski definition) is 8. The van der Waals surface area contributed by atoms with Gasteiger partial charge in [0.2, 0.25) is 0 Å². The standard InChI is InChI=1S/C27H34FN7O/c1-17-15-30-26(23-5-6-31-33-23)27-25(17)21(14-24(32-27)35-11-12-36-16-18(35)2)20-4-3-19(13-22(20)28)34-9-7-29-8-10-34/h3-4,13-15,18,23,29,31,33H,5-12,16H2,1-2H3/t18-,23?/m1/s1. The number of nitrogens with one attached hydrogen (secondary N) is 3. The van der Waals surface area contributed by atoms with Crippen molar-refractivity contribution in [3.8, 4) is 11.1 Å². The molecule has 3 fully saturated rings. The van der Waals surface area contributed by atoms with Gasteiger partial charge < -0.3 is 19.9 Å². The van der Waals surface area contributed by atoms with Crippen molar-refractivity contribution in [2.24, 2.45) is 0 Å². The molecule has 0 saturated carbocycles. The molecule has 36 heavy (non-hydrogen) atoms. The minimum Gasteiger partial charge on any atom is -0.377 e. The van der Waals surface area contributed by atoms with Crippen LogP contribution in [0.5, 0.6) is 0 Å². The van der Waals surface area contributed by atoms with Gasteiger partial charge in [0.15, 0.2) is 0 Å². The summed E-state index contributed by atoms with van der Waals surface area (Å²) in [6.07, 6.45) is 2.82. The topological polar surface area (TPSA) is 77.6 Å². The van der Waals surface area contributed by atoms with Crippen molar-refractivity contribution < 1.29 is 9.13 Å². The summed E-state index contributed by atoms with van der Waals surface area (Å²) >= 11 is 0. The van der Waals surface area contributed by atoms with Crippen LogP contribution >= 0.6 is 0 Å². The van der Waals surface area contributed by atoms with Crippen LogP contribution in [0.4, 0.5) is 15.9 Å². The van der Waals surface area contributed by atoms with Crippen molar-refractivity contribution in [3.05, 3.63) is 47.5 Å². The van der Waals surface area contributed by atoms with E-state index in [2.05, 4.69) is 39.0 Å². The Bertz CT molecular complexity index is 1260. The molecule has 3 saturated heterocycles. The molecule has 3 aromatic rings. The molecule has 1 unspecified atom stereocenters. The van der Waals surface area contributed by atoms with Gasteiger partial charge in [0.1, 0.15) is 11.6 Å². The number of hydrogen-bond donors (Lipinski definition) is 3. The molecular formula is C27H34FN7O. The van der Waals surface area contributed by atoms with Crippen LogP contribution in [0.2, 0.25) is 0 Å². The van der Waals surface area contributed by atoms with Gasteiger partial charge in [-0.25, -0.2) is 14.8 Å². The van der Waals surface area contributed by atoms with Crippen LogP contribution in [0.1, 0.15) is 30.6 Å². The number of hydrazine groups is 1. The Morgan fingerprint density at radius 1 is 1.08 bits per heavy atom. The molecule has 0 amide bonds. The molecular weight excluding hydrogens is 457 g/mol. The van der Waals surface area contributed by atoms with Gasteiger partial charge in [0.25, 0.3) is 0 Å². The lowest BCUT2D eigenvalue weighted by Crippen LogP contribution is -2.44. The smallest absolute Gasteiger partial charge is 0.133 e. The second-order valence-electron chi connectivity index (χ2n) is 10.0. The third-order valence-corrected chi connectivity index (χ3v) is 7.59. The quantitative estimate of drug-likeness (QED) is 0.514. The molecule has 0 bridgehead atoms. The molecule has 3 aliphatic rings. The highest BCUT2D eigenvalue weighted by Gasteiger charge is 2.27. The Morgan fingerprint density at radius 3 is 2.69 bits per heavy atom. The van der Waals surface area contributed by atoms with Gasteiger partial charge in [0, 0.05) is 62.1 Å². The Kier molecular flexibility index (Phi) is 6.47. The van der Waals surface area contributed by atoms with E-state index >= 15 is 4.39 Å². The zero-order chi connectivity index (χ0) is 24.6. The van der Waals surface area contributed by atoms with Gasteiger partial charge in [0.05, 0.1) is 36.5 Å². The summed E-state index contributed by atoms with van der Waals surface area (Å²) in [6, 6.07) is 7.97. The highest BCUT2D eigenvalue weighted by Crippen LogP contribution is 2.39. The molecule has 9 heteroatoms. The van der Waals surface area contributed by atoms with E-state index < -0.39 is 0 Å². The zero-order valence-corrected chi connectivity index (χ0v) is 21.0. The Hall–Kier alpha value is -2.85. The van der Waals surface area contributed by atoms with Gasteiger partial charge in [-0.1, -0.05) is 0 Å². The average molecular weight is 492 g/mol. The predicted molar refractivity (Wildman–Crippen MR) is 141 cm³/mol. The monoisotopic (exact) mass is 491 g/mol. The van der Waals surface area contributed by atoms with E-state index in [-0.39, 0.29) is 17.9 Å². The molecule has 2 atom stereocenters. The number of pyridine rings is 2. The SMILES string of the molecule is Cc1cnc(C2CCNN2)c2nc(N3CCOC[C@H]3C)cc(-c3ccc(N4CCNCC4)cc3F)c12. The van der Waals surface area contributed by atoms with Gasteiger partial charge >= 0.3 is 0 Å². The van der Waals surface area contributed by atoms with Crippen molar-refractivity contribution in [3.63, 3.8) is 0 Å². The number of piperazine rings is 1. The number of morpholine rings is 1. The summed E-state index contributed by atoms with van der Waals surface area (Å²) in [7, 11) is 0. The minimum atomic E-state index is -0.210. The van der Waals surface area contributed by atoms with E-state index in [1.54, 1.807) is 6.07 Å². The van der Waals surface area contributed by atoms with Gasteiger partial charge in [-0.15, -0.1) is 0 Å². The third-order valence-electron chi connectivity index (χ3n) is 7.59. The van der Waals surface area contributed by atoms with E-state index in [9.17, 15) is 0 Å². The normalized spacial score (nSPS) is 23.0. The number of ether oxygens (including phenoxy) is 1. The predicted octanol–water partition coefficient (Wildman–Crippen LogP) is 2.92. The minimum absolute atomic E-state index is 0.0609. The van der Waals surface area contributed by atoms with E-state index in [1.807, 2.05) is 25.3 Å². The maximum Gasteiger partial charge on any atom is 0.133 e. The summed E-state index contributed by atoms with van der Waals surface area (Å²) in [4.78, 5) is 14.5. The fraction of sp³-hybridized carbons (Fsp3) is 0.481. The van der Waals surface area contributed by atoms with Crippen LogP contribution in [-0.4, -0.2) is 68.5 Å². The molecule has 0 radical (unpaired) electrons. The van der Waals surface area contributed by atoms with Crippen molar-refractivity contribution in [2.75, 3.05) is 62.3 Å². The van der Waals surface area contributed by atoms with Crippen molar-refractivity contribution in [2.45, 2.75) is 32.4 Å². The average Bonchev–Trinajstić information content (AvgIpc) is 3.44. The van der Waals surface area contributed by atoms with Crippen molar-refractivity contribution >= 4 is 22.4 Å². The van der Waals surface area contributed by atoms with E-state index in [0.717, 1.165) is 84.9 Å². The maximum atomic E-state index is 15.9. The van der Waals surface area contributed by atoms with Crippen LogP contribution in [0, 0.1) is 12.7 Å². The lowest BCUT2D eigenvalue weighted by Gasteiger charge is -2.35. The Balaban J connectivity index is 1.53. The number of aryl methyl sites for hydroxylation is 1. The van der Waals surface area contributed by atoms with Crippen LogP contribution in [0.3, 0.4) is 0 Å². The molecule has 0 aliphatic carbocycles. The summed E-state index contributed by atoms with van der Waals surface area (Å²) in [6.45, 7) is 10.7. The second kappa shape index (κ2) is 9.89.